The minimum atomic E-state index is 0.312. The Morgan fingerprint density at radius 1 is 1.10 bits per heavy atom. The van der Waals surface area contributed by atoms with Gasteiger partial charge in [-0.3, -0.25) is 0 Å². The smallest absolute Gasteiger partial charge is 0.224 e. The lowest BCUT2D eigenvalue weighted by Crippen LogP contribution is -1.93. The Balaban J connectivity index is 2.56. The highest BCUT2D eigenvalue weighted by atomic mass is 14.6. The van der Waals surface area contributed by atoms with Gasteiger partial charge in [0, 0.05) is 0 Å². The van der Waals surface area contributed by atoms with Crippen LogP contribution in [0.15, 0.2) is 36.5 Å². The van der Waals surface area contributed by atoms with Gasteiger partial charge in [-0.25, -0.2) is 6.57 Å². The van der Waals surface area contributed by atoms with Crippen LogP contribution in [0.3, 0.4) is 0 Å². The molecule has 0 N–H and O–H groups in total. The van der Waals surface area contributed by atoms with Crippen molar-refractivity contribution in [3.05, 3.63) is 47.9 Å². The summed E-state index contributed by atoms with van der Waals surface area (Å²) in [4.78, 5) is 3.32. The van der Waals surface area contributed by atoms with Crippen LogP contribution >= 0.6 is 0 Å². The van der Waals surface area contributed by atoms with Crippen LogP contribution in [0.1, 0.15) is 0 Å². The van der Waals surface area contributed by atoms with E-state index < -0.39 is 0 Å². The fourth-order valence-corrected chi connectivity index (χ4v) is 0.833. The van der Waals surface area contributed by atoms with Crippen LogP contribution in [-0.4, -0.2) is 6.54 Å². The van der Waals surface area contributed by atoms with Crippen molar-refractivity contribution in [2.24, 2.45) is 5.92 Å². The zero-order chi connectivity index (χ0) is 7.23. The molecule has 50 valence electrons. The van der Waals surface area contributed by atoms with Crippen molar-refractivity contribution in [2.75, 3.05) is 6.54 Å². The first-order chi connectivity index (χ1) is 4.93. The van der Waals surface area contributed by atoms with Gasteiger partial charge in [-0.2, -0.15) is 0 Å². The van der Waals surface area contributed by atoms with Gasteiger partial charge in [-0.15, -0.1) is 0 Å². The van der Waals surface area contributed by atoms with Gasteiger partial charge in [0.15, 0.2) is 0 Å². The van der Waals surface area contributed by atoms with Crippen LogP contribution in [0.25, 0.3) is 4.85 Å². The molecule has 0 radical (unpaired) electrons. The lowest BCUT2D eigenvalue weighted by molar-refractivity contribution is 0.898. The van der Waals surface area contributed by atoms with Gasteiger partial charge in [0.2, 0.25) is 6.54 Å². The zero-order valence-corrected chi connectivity index (χ0v) is 5.70. The number of hydrogen-bond donors (Lipinski definition) is 0. The van der Waals surface area contributed by atoms with Crippen molar-refractivity contribution in [3.63, 3.8) is 0 Å². The summed E-state index contributed by atoms with van der Waals surface area (Å²) < 4.78 is 0. The first-order valence-corrected chi connectivity index (χ1v) is 3.28. The minimum absolute atomic E-state index is 0.312. The summed E-state index contributed by atoms with van der Waals surface area (Å²) >= 11 is 0. The molecule has 0 unspecified atom stereocenters. The van der Waals surface area contributed by atoms with Crippen molar-refractivity contribution in [1.29, 1.82) is 0 Å². The third-order valence-corrected chi connectivity index (χ3v) is 1.35. The van der Waals surface area contributed by atoms with Crippen molar-refractivity contribution in [2.45, 2.75) is 0 Å². The maximum Gasteiger partial charge on any atom is 0.224 e. The average Bonchev–Trinajstić information content (AvgIpc) is 2.17. The monoisotopic (exact) mass is 131 g/mol. The molecule has 1 heteroatoms. The van der Waals surface area contributed by atoms with E-state index in [4.69, 9.17) is 6.57 Å². The first kappa shape index (κ1) is 6.82. The third-order valence-electron chi connectivity index (χ3n) is 1.35. The van der Waals surface area contributed by atoms with Crippen molar-refractivity contribution >= 4 is 0 Å². The van der Waals surface area contributed by atoms with E-state index in [9.17, 15) is 0 Å². The molecule has 0 fully saturated rings. The molecule has 0 saturated carbocycles. The van der Waals surface area contributed by atoms with Crippen LogP contribution in [-0.2, 0) is 0 Å². The Bertz CT molecular complexity index is 199. The topological polar surface area (TPSA) is 4.36 Å². The van der Waals surface area contributed by atoms with E-state index in [2.05, 4.69) is 4.85 Å². The lowest BCUT2D eigenvalue weighted by Gasteiger charge is -1.93. The van der Waals surface area contributed by atoms with E-state index in [1.807, 2.05) is 36.5 Å². The Hall–Kier alpha value is -1.29. The Kier molecular flexibility index (Phi) is 2.51. The second-order valence-electron chi connectivity index (χ2n) is 2.16. The Morgan fingerprint density at radius 3 is 2.20 bits per heavy atom. The first-order valence-electron chi connectivity index (χ1n) is 3.28. The SMILES string of the molecule is [C-]#[N+]CC1C=CC=CC=C1. The highest BCUT2D eigenvalue weighted by molar-refractivity contribution is 5.20. The van der Waals surface area contributed by atoms with E-state index in [0.717, 1.165) is 0 Å². The normalized spacial score (nSPS) is 16.7. The van der Waals surface area contributed by atoms with Gasteiger partial charge >= 0.3 is 0 Å². The molecule has 0 amide bonds. The van der Waals surface area contributed by atoms with Gasteiger partial charge < -0.3 is 4.85 Å². The minimum Gasteiger partial charge on any atom is -0.316 e. The predicted molar refractivity (Wildman–Crippen MR) is 42.4 cm³/mol. The van der Waals surface area contributed by atoms with E-state index in [1.54, 1.807) is 0 Å². The summed E-state index contributed by atoms with van der Waals surface area (Å²) in [5.41, 5.74) is 0. The molecule has 0 aliphatic heterocycles. The molecule has 0 bridgehead atoms. The summed E-state index contributed by atoms with van der Waals surface area (Å²) in [7, 11) is 0. The highest BCUT2D eigenvalue weighted by Gasteiger charge is 2.01. The molecular formula is C9H9N. The van der Waals surface area contributed by atoms with Gasteiger partial charge in [-0.1, -0.05) is 36.5 Å². The summed E-state index contributed by atoms with van der Waals surface area (Å²) in [5.74, 6) is 0.312. The quantitative estimate of drug-likeness (QED) is 0.480. The van der Waals surface area contributed by atoms with Crippen LogP contribution in [0, 0.1) is 12.5 Å². The molecule has 0 heterocycles. The highest BCUT2D eigenvalue weighted by Crippen LogP contribution is 2.05. The lowest BCUT2D eigenvalue weighted by atomic mass is 10.1. The Labute approximate surface area is 61.2 Å². The zero-order valence-electron chi connectivity index (χ0n) is 5.70. The molecule has 1 aliphatic carbocycles. The molecule has 10 heavy (non-hydrogen) atoms. The van der Waals surface area contributed by atoms with Crippen LogP contribution in [0.5, 0.6) is 0 Å². The fourth-order valence-electron chi connectivity index (χ4n) is 0.833. The molecule has 1 nitrogen and oxygen atoms in total. The summed E-state index contributed by atoms with van der Waals surface area (Å²) in [5, 5.41) is 0. The third kappa shape index (κ3) is 1.91. The van der Waals surface area contributed by atoms with Crippen LogP contribution in [0.4, 0.5) is 0 Å². The molecule has 0 saturated heterocycles. The van der Waals surface area contributed by atoms with Crippen molar-refractivity contribution in [1.82, 2.24) is 0 Å². The van der Waals surface area contributed by atoms with E-state index in [1.165, 1.54) is 0 Å². The molecule has 0 aromatic rings. The van der Waals surface area contributed by atoms with Gasteiger partial charge in [-0.05, 0) is 0 Å². The number of nitrogens with zero attached hydrogens (tertiary/aromatic N) is 1. The molecule has 0 spiro atoms. The second-order valence-corrected chi connectivity index (χ2v) is 2.16. The Morgan fingerprint density at radius 2 is 1.70 bits per heavy atom. The molecule has 0 aromatic heterocycles. The summed E-state index contributed by atoms with van der Waals surface area (Å²) in [6, 6.07) is 0. The average molecular weight is 131 g/mol. The molecule has 1 rings (SSSR count). The van der Waals surface area contributed by atoms with Gasteiger partial charge in [0.05, 0.1) is 5.92 Å². The number of rotatable bonds is 1. The summed E-state index contributed by atoms with van der Waals surface area (Å²) in [6.07, 6.45) is 12.0. The molecule has 0 aromatic carbocycles. The van der Waals surface area contributed by atoms with Crippen LogP contribution < -0.4 is 0 Å². The molecule has 0 atom stereocenters. The molecule has 1 aliphatic rings. The van der Waals surface area contributed by atoms with E-state index >= 15 is 0 Å². The van der Waals surface area contributed by atoms with E-state index in [-0.39, 0.29) is 0 Å². The van der Waals surface area contributed by atoms with Crippen LogP contribution in [0.2, 0.25) is 0 Å². The molecular weight excluding hydrogens is 122 g/mol. The fraction of sp³-hybridized carbons (Fsp3) is 0.222. The van der Waals surface area contributed by atoms with Gasteiger partial charge in [0.1, 0.15) is 0 Å². The standard InChI is InChI=1S/C9H9N/c1-10-8-9-6-4-2-3-5-7-9/h2-7,9H,8H2. The predicted octanol–water partition coefficient (Wildman–Crippen LogP) is 2.20. The summed E-state index contributed by atoms with van der Waals surface area (Å²) in [6.45, 7) is 7.21. The largest absolute Gasteiger partial charge is 0.316 e. The van der Waals surface area contributed by atoms with Crippen molar-refractivity contribution < 1.29 is 0 Å². The van der Waals surface area contributed by atoms with Gasteiger partial charge in [0.25, 0.3) is 0 Å². The van der Waals surface area contributed by atoms with Crippen molar-refractivity contribution in [3.8, 4) is 0 Å². The second kappa shape index (κ2) is 3.68. The maximum absolute atomic E-state index is 6.65. The number of hydrogen-bond acceptors (Lipinski definition) is 0. The number of allylic oxidation sites excluding steroid dienone is 4. The van der Waals surface area contributed by atoms with E-state index in [0.29, 0.717) is 12.5 Å². The maximum atomic E-state index is 6.65.